The van der Waals surface area contributed by atoms with Crippen molar-refractivity contribution in [3.63, 3.8) is 0 Å². The molecule has 8 heteroatoms. The third kappa shape index (κ3) is 4.32. The van der Waals surface area contributed by atoms with Crippen LogP contribution < -0.4 is 0 Å². The van der Waals surface area contributed by atoms with Crippen LogP contribution in [0.2, 0.25) is 0 Å². The van der Waals surface area contributed by atoms with Gasteiger partial charge >= 0.3 is 23.9 Å². The molecule has 2 saturated heterocycles. The van der Waals surface area contributed by atoms with Crippen molar-refractivity contribution < 1.29 is 38.1 Å². The normalized spacial score (nSPS) is 23.7. The van der Waals surface area contributed by atoms with Crippen molar-refractivity contribution in [2.75, 3.05) is 0 Å². The van der Waals surface area contributed by atoms with E-state index in [1.807, 2.05) is 0 Å². The molecule has 0 radical (unpaired) electrons. The molecular formula is C22H28O8. The fraction of sp³-hybridized carbons (Fsp3) is 0.545. The molecule has 0 N–H and O–H groups in total. The van der Waals surface area contributed by atoms with E-state index in [0.717, 1.165) is 0 Å². The minimum Gasteiger partial charge on any atom is -0.422 e. The molecule has 0 aromatic carbocycles. The first kappa shape index (κ1) is 23.4. The zero-order valence-corrected chi connectivity index (χ0v) is 17.8. The summed E-state index contributed by atoms with van der Waals surface area (Å²) in [6, 6.07) is 0. The molecule has 30 heavy (non-hydrogen) atoms. The molecule has 8 nitrogen and oxygen atoms in total. The fourth-order valence-corrected chi connectivity index (χ4v) is 3.39. The molecule has 2 aliphatic rings. The maximum Gasteiger partial charge on any atom is 0.327 e. The minimum absolute atomic E-state index is 0.0150. The van der Waals surface area contributed by atoms with E-state index in [0.29, 0.717) is 0 Å². The maximum absolute atomic E-state index is 12.6. The first-order chi connectivity index (χ1) is 13.8. The Hall–Kier alpha value is -2.90. The van der Waals surface area contributed by atoms with Gasteiger partial charge in [-0.3, -0.25) is 19.2 Å². The second-order valence-electron chi connectivity index (χ2n) is 8.39. The van der Waals surface area contributed by atoms with Crippen molar-refractivity contribution >= 4 is 23.9 Å². The van der Waals surface area contributed by atoms with Gasteiger partial charge in [0.05, 0.1) is 0 Å². The van der Waals surface area contributed by atoms with Crippen molar-refractivity contribution in [1.29, 1.82) is 0 Å². The topological polar surface area (TPSA) is 105 Å². The summed E-state index contributed by atoms with van der Waals surface area (Å²) in [6.45, 7) is 13.1. The highest BCUT2D eigenvalue weighted by atomic mass is 16.8. The van der Waals surface area contributed by atoms with Gasteiger partial charge in [-0.1, -0.05) is 24.3 Å². The molecule has 2 fully saturated rings. The molecule has 0 unspecified atom stereocenters. The Kier molecular flexibility index (Phi) is 6.30. The molecular weight excluding hydrogens is 392 g/mol. The van der Waals surface area contributed by atoms with Gasteiger partial charge in [0.25, 0.3) is 11.6 Å². The molecule has 0 spiro atoms. The summed E-state index contributed by atoms with van der Waals surface area (Å²) in [5.41, 5.74) is -3.15. The largest absolute Gasteiger partial charge is 0.422 e. The molecule has 2 heterocycles. The number of hydrogen-bond donors (Lipinski definition) is 0. The number of allylic oxidation sites excluding steroid dienone is 4. The van der Waals surface area contributed by atoms with Gasteiger partial charge in [-0.15, -0.1) is 13.2 Å². The SMILES string of the molecule is C=CCC1(C/C=C/CC2(CC=C)C(=O)OC(C)(C)OC2=O)C(=O)OC(C)(C)OC1=O. The molecule has 0 saturated carbocycles. The van der Waals surface area contributed by atoms with Gasteiger partial charge in [0, 0.05) is 27.7 Å². The van der Waals surface area contributed by atoms with Crippen LogP contribution in [0.15, 0.2) is 37.5 Å². The van der Waals surface area contributed by atoms with Gasteiger partial charge in [0.15, 0.2) is 10.8 Å². The molecule has 0 aromatic rings. The van der Waals surface area contributed by atoms with Crippen LogP contribution in [0.25, 0.3) is 0 Å². The standard InChI is InChI=1S/C22H28O8/c1-7-11-21(15(23)27-19(3,4)28-16(21)24)13-9-10-14-22(12-8-2)17(25)29-20(5,6)30-18(22)26/h7-10H,1-2,11-14H2,3-6H3/b10-9+. The third-order valence-electron chi connectivity index (χ3n) is 5.00. The highest BCUT2D eigenvalue weighted by Gasteiger charge is 2.56. The van der Waals surface area contributed by atoms with Crippen LogP contribution in [0.5, 0.6) is 0 Å². The number of rotatable bonds is 8. The van der Waals surface area contributed by atoms with Crippen LogP contribution in [0.4, 0.5) is 0 Å². The summed E-state index contributed by atoms with van der Waals surface area (Å²) in [6.07, 6.45) is 5.88. The number of hydrogen-bond acceptors (Lipinski definition) is 8. The Morgan fingerprint density at radius 1 is 0.600 bits per heavy atom. The van der Waals surface area contributed by atoms with Crippen LogP contribution >= 0.6 is 0 Å². The highest BCUT2D eigenvalue weighted by molar-refractivity contribution is 6.03. The number of carbonyl (C=O) groups is 4. The predicted molar refractivity (Wildman–Crippen MR) is 105 cm³/mol. The molecule has 0 atom stereocenters. The Balaban J connectivity index is 2.23. The molecule has 2 rings (SSSR count). The van der Waals surface area contributed by atoms with Gasteiger partial charge in [-0.2, -0.15) is 0 Å². The number of cyclic esters (lactones) is 4. The van der Waals surface area contributed by atoms with E-state index in [1.165, 1.54) is 52.0 Å². The van der Waals surface area contributed by atoms with E-state index in [9.17, 15) is 19.2 Å². The van der Waals surface area contributed by atoms with Gasteiger partial charge in [0.1, 0.15) is 0 Å². The lowest BCUT2D eigenvalue weighted by atomic mass is 9.78. The van der Waals surface area contributed by atoms with Crippen molar-refractivity contribution in [1.82, 2.24) is 0 Å². The summed E-state index contributed by atoms with van der Waals surface area (Å²) in [5, 5.41) is 0. The van der Waals surface area contributed by atoms with E-state index in [-0.39, 0.29) is 25.7 Å². The van der Waals surface area contributed by atoms with Gasteiger partial charge in [-0.05, 0) is 25.7 Å². The molecule has 2 aliphatic heterocycles. The predicted octanol–water partition coefficient (Wildman–Crippen LogP) is 3.12. The van der Waals surface area contributed by atoms with Crippen molar-refractivity contribution in [3.8, 4) is 0 Å². The summed E-state index contributed by atoms with van der Waals surface area (Å²) in [7, 11) is 0. The zero-order valence-electron chi connectivity index (χ0n) is 17.8. The highest BCUT2D eigenvalue weighted by Crippen LogP contribution is 2.41. The lowest BCUT2D eigenvalue weighted by Gasteiger charge is -2.40. The molecule has 0 aromatic heterocycles. The Morgan fingerprint density at radius 2 is 0.867 bits per heavy atom. The number of esters is 4. The Labute approximate surface area is 175 Å². The molecule has 0 aliphatic carbocycles. The number of ether oxygens (including phenoxy) is 4. The first-order valence-corrected chi connectivity index (χ1v) is 9.65. The van der Waals surface area contributed by atoms with Crippen molar-refractivity contribution in [2.24, 2.45) is 10.8 Å². The van der Waals surface area contributed by atoms with Crippen LogP contribution in [-0.4, -0.2) is 35.5 Å². The minimum atomic E-state index is -1.57. The molecule has 0 amide bonds. The third-order valence-corrected chi connectivity index (χ3v) is 5.00. The Bertz CT molecular complexity index is 696. The monoisotopic (exact) mass is 420 g/mol. The maximum atomic E-state index is 12.6. The number of carbonyl (C=O) groups excluding carboxylic acids is 4. The second-order valence-corrected chi connectivity index (χ2v) is 8.39. The van der Waals surface area contributed by atoms with Crippen molar-refractivity contribution in [3.05, 3.63) is 37.5 Å². The van der Waals surface area contributed by atoms with Crippen LogP contribution in [0.1, 0.15) is 53.4 Å². The average Bonchev–Trinajstić information content (AvgIpc) is 2.59. The van der Waals surface area contributed by atoms with E-state index in [1.54, 1.807) is 0 Å². The van der Waals surface area contributed by atoms with Crippen LogP contribution in [0.3, 0.4) is 0 Å². The average molecular weight is 420 g/mol. The van der Waals surface area contributed by atoms with Gasteiger partial charge in [0.2, 0.25) is 0 Å². The second kappa shape index (κ2) is 8.08. The van der Waals surface area contributed by atoms with E-state index in [4.69, 9.17) is 18.9 Å². The molecule has 0 bridgehead atoms. The smallest absolute Gasteiger partial charge is 0.327 e. The quantitative estimate of drug-likeness (QED) is 0.335. The fourth-order valence-electron chi connectivity index (χ4n) is 3.39. The first-order valence-electron chi connectivity index (χ1n) is 9.65. The summed E-state index contributed by atoms with van der Waals surface area (Å²) >= 11 is 0. The lowest BCUT2D eigenvalue weighted by Crippen LogP contribution is -2.54. The van der Waals surface area contributed by atoms with E-state index >= 15 is 0 Å². The Morgan fingerprint density at radius 3 is 1.10 bits per heavy atom. The van der Waals surface area contributed by atoms with Gasteiger partial charge in [-0.25, -0.2) is 0 Å². The summed E-state index contributed by atoms with van der Waals surface area (Å²) in [5.74, 6) is -5.56. The van der Waals surface area contributed by atoms with E-state index < -0.39 is 46.3 Å². The van der Waals surface area contributed by atoms with E-state index in [2.05, 4.69) is 13.2 Å². The van der Waals surface area contributed by atoms with Crippen LogP contribution in [0, 0.1) is 10.8 Å². The lowest BCUT2D eigenvalue weighted by molar-refractivity contribution is -0.252. The molecule has 164 valence electrons. The summed E-state index contributed by atoms with van der Waals surface area (Å²) in [4.78, 5) is 50.4. The van der Waals surface area contributed by atoms with Crippen LogP contribution in [-0.2, 0) is 38.1 Å². The van der Waals surface area contributed by atoms with Gasteiger partial charge < -0.3 is 18.9 Å². The summed E-state index contributed by atoms with van der Waals surface area (Å²) < 4.78 is 21.0. The van der Waals surface area contributed by atoms with Crippen molar-refractivity contribution in [2.45, 2.75) is 65.0 Å². The zero-order chi connectivity index (χ0) is 22.8.